The Morgan fingerprint density at radius 2 is 2.35 bits per heavy atom. The first kappa shape index (κ1) is 12.0. The van der Waals surface area contributed by atoms with E-state index in [2.05, 4.69) is 10.3 Å². The van der Waals surface area contributed by atoms with Gasteiger partial charge in [0.2, 0.25) is 0 Å². The fraction of sp³-hybridized carbons (Fsp3) is 0.538. The van der Waals surface area contributed by atoms with E-state index in [4.69, 9.17) is 4.74 Å². The fourth-order valence-electron chi connectivity index (χ4n) is 2.25. The molecule has 0 bridgehead atoms. The van der Waals surface area contributed by atoms with Crippen LogP contribution in [0.4, 0.5) is 0 Å². The highest BCUT2D eigenvalue weighted by atomic mass is 16.5. The maximum Gasteiger partial charge on any atom is 0.253 e. The van der Waals surface area contributed by atoms with Crippen molar-refractivity contribution in [2.24, 2.45) is 0 Å². The van der Waals surface area contributed by atoms with Crippen LogP contribution in [0, 0.1) is 0 Å². The molecule has 0 spiro atoms. The van der Waals surface area contributed by atoms with E-state index in [0.717, 1.165) is 12.8 Å². The highest BCUT2D eigenvalue weighted by molar-refractivity contribution is 5.94. The summed E-state index contributed by atoms with van der Waals surface area (Å²) in [5, 5.41) is 2.99. The molecule has 0 aromatic carbocycles. The van der Waals surface area contributed by atoms with E-state index < -0.39 is 0 Å². The Bertz CT molecular complexity index is 382. The van der Waals surface area contributed by atoms with Gasteiger partial charge >= 0.3 is 0 Å². The number of carbonyl (C=O) groups is 1. The van der Waals surface area contributed by atoms with Crippen LogP contribution in [0.1, 0.15) is 36.5 Å². The Morgan fingerprint density at radius 1 is 1.59 bits per heavy atom. The predicted molar refractivity (Wildman–Crippen MR) is 64.8 cm³/mol. The van der Waals surface area contributed by atoms with E-state index in [0.29, 0.717) is 5.56 Å². The van der Waals surface area contributed by atoms with E-state index >= 15 is 0 Å². The van der Waals surface area contributed by atoms with Gasteiger partial charge in [-0.3, -0.25) is 9.78 Å². The highest BCUT2D eigenvalue weighted by Gasteiger charge is 2.42. The van der Waals surface area contributed by atoms with E-state index in [1.165, 1.54) is 6.42 Å². The first-order chi connectivity index (χ1) is 8.18. The number of hydrogen-bond acceptors (Lipinski definition) is 3. The van der Waals surface area contributed by atoms with Crippen molar-refractivity contribution in [1.82, 2.24) is 10.3 Å². The molecule has 0 radical (unpaired) electrons. The number of rotatable bonds is 4. The molecule has 4 heteroatoms. The molecule has 1 fully saturated rings. The second kappa shape index (κ2) is 4.84. The van der Waals surface area contributed by atoms with Gasteiger partial charge in [-0.05, 0) is 38.3 Å². The molecule has 1 aromatic heterocycles. The molecular formula is C13H18N2O2. The second-order valence-corrected chi connectivity index (χ2v) is 4.56. The van der Waals surface area contributed by atoms with Crippen LogP contribution in [0.15, 0.2) is 24.5 Å². The molecule has 0 saturated heterocycles. The highest BCUT2D eigenvalue weighted by Crippen LogP contribution is 2.37. The summed E-state index contributed by atoms with van der Waals surface area (Å²) < 4.78 is 5.54. The van der Waals surface area contributed by atoms with Crippen LogP contribution in [0.25, 0.3) is 0 Å². The minimum atomic E-state index is -0.169. The van der Waals surface area contributed by atoms with Gasteiger partial charge in [-0.1, -0.05) is 0 Å². The third-order valence-electron chi connectivity index (χ3n) is 3.67. The SMILES string of the molecule is COC1(C(C)NC(=O)c2cccnc2)CCC1. The molecule has 1 saturated carbocycles. The molecular weight excluding hydrogens is 216 g/mol. The zero-order chi connectivity index (χ0) is 12.3. The van der Waals surface area contributed by atoms with Crippen molar-refractivity contribution in [1.29, 1.82) is 0 Å². The summed E-state index contributed by atoms with van der Waals surface area (Å²) in [7, 11) is 1.71. The summed E-state index contributed by atoms with van der Waals surface area (Å²) in [5.41, 5.74) is 0.419. The summed E-state index contributed by atoms with van der Waals surface area (Å²) in [6.45, 7) is 2.00. The molecule has 4 nitrogen and oxygen atoms in total. The summed E-state index contributed by atoms with van der Waals surface area (Å²) in [6.07, 6.45) is 6.42. The largest absolute Gasteiger partial charge is 0.376 e. The van der Waals surface area contributed by atoms with Crippen molar-refractivity contribution < 1.29 is 9.53 Å². The second-order valence-electron chi connectivity index (χ2n) is 4.56. The number of nitrogens with zero attached hydrogens (tertiary/aromatic N) is 1. The predicted octanol–water partition coefficient (Wildman–Crippen LogP) is 1.77. The van der Waals surface area contributed by atoms with Crippen molar-refractivity contribution in [3.63, 3.8) is 0 Å². The standard InChI is InChI=1S/C13H18N2O2/c1-10(13(17-2)6-4-7-13)15-12(16)11-5-3-8-14-9-11/h3,5,8-10H,4,6-7H2,1-2H3,(H,15,16). The van der Waals surface area contributed by atoms with E-state index in [9.17, 15) is 4.79 Å². The lowest BCUT2D eigenvalue weighted by Gasteiger charge is -2.45. The first-order valence-electron chi connectivity index (χ1n) is 5.94. The van der Waals surface area contributed by atoms with Crippen LogP contribution in [-0.4, -0.2) is 29.6 Å². The average molecular weight is 234 g/mol. The van der Waals surface area contributed by atoms with Gasteiger partial charge in [-0.25, -0.2) is 0 Å². The van der Waals surface area contributed by atoms with Crippen LogP contribution >= 0.6 is 0 Å². The first-order valence-corrected chi connectivity index (χ1v) is 5.94. The van der Waals surface area contributed by atoms with E-state index in [-0.39, 0.29) is 17.6 Å². The molecule has 1 N–H and O–H groups in total. The number of methoxy groups -OCH3 is 1. The minimum absolute atomic E-state index is 0.0222. The summed E-state index contributed by atoms with van der Waals surface area (Å²) >= 11 is 0. The van der Waals surface area contributed by atoms with Crippen molar-refractivity contribution in [2.75, 3.05) is 7.11 Å². The number of amides is 1. The number of ether oxygens (including phenoxy) is 1. The lowest BCUT2D eigenvalue weighted by molar-refractivity contribution is -0.0919. The topological polar surface area (TPSA) is 51.2 Å². The van der Waals surface area contributed by atoms with Gasteiger partial charge in [-0.2, -0.15) is 0 Å². The van der Waals surface area contributed by atoms with E-state index in [1.54, 1.807) is 31.6 Å². The van der Waals surface area contributed by atoms with Gasteiger partial charge in [-0.15, -0.1) is 0 Å². The lowest BCUT2D eigenvalue weighted by Crippen LogP contribution is -2.56. The quantitative estimate of drug-likeness (QED) is 0.863. The van der Waals surface area contributed by atoms with Gasteiger partial charge in [0.1, 0.15) is 0 Å². The fourth-order valence-corrected chi connectivity index (χ4v) is 2.25. The summed E-state index contributed by atoms with van der Waals surface area (Å²) in [4.78, 5) is 15.9. The Morgan fingerprint density at radius 3 is 2.82 bits per heavy atom. The Labute approximate surface area is 101 Å². The third kappa shape index (κ3) is 2.31. The summed E-state index contributed by atoms with van der Waals surface area (Å²) in [6, 6.07) is 3.54. The molecule has 2 rings (SSSR count). The molecule has 1 unspecified atom stereocenters. The van der Waals surface area contributed by atoms with E-state index in [1.807, 2.05) is 6.92 Å². The number of carbonyl (C=O) groups excluding carboxylic acids is 1. The molecule has 92 valence electrons. The van der Waals surface area contributed by atoms with Gasteiger partial charge in [0.15, 0.2) is 0 Å². The van der Waals surface area contributed by atoms with Gasteiger partial charge in [0.05, 0.1) is 17.2 Å². The molecule has 1 aliphatic carbocycles. The Hall–Kier alpha value is -1.42. The van der Waals surface area contributed by atoms with Crippen LogP contribution in [0.2, 0.25) is 0 Å². The number of pyridine rings is 1. The molecule has 1 aliphatic rings. The van der Waals surface area contributed by atoms with Gasteiger partial charge in [0, 0.05) is 19.5 Å². The monoisotopic (exact) mass is 234 g/mol. The lowest BCUT2D eigenvalue weighted by atomic mass is 9.75. The number of aromatic nitrogens is 1. The summed E-state index contributed by atoms with van der Waals surface area (Å²) in [5.74, 6) is -0.0890. The molecule has 1 amide bonds. The van der Waals surface area contributed by atoms with Gasteiger partial charge in [0.25, 0.3) is 5.91 Å². The van der Waals surface area contributed by atoms with Crippen LogP contribution in [0.5, 0.6) is 0 Å². The minimum Gasteiger partial charge on any atom is -0.376 e. The van der Waals surface area contributed by atoms with Crippen molar-refractivity contribution >= 4 is 5.91 Å². The zero-order valence-electron chi connectivity index (χ0n) is 10.3. The Kier molecular flexibility index (Phi) is 3.43. The van der Waals surface area contributed by atoms with Crippen molar-refractivity contribution in [2.45, 2.75) is 37.8 Å². The molecule has 17 heavy (non-hydrogen) atoms. The normalized spacial score (nSPS) is 19.2. The number of nitrogens with one attached hydrogen (secondary N) is 1. The molecule has 1 heterocycles. The smallest absolute Gasteiger partial charge is 0.253 e. The number of hydrogen-bond donors (Lipinski definition) is 1. The zero-order valence-corrected chi connectivity index (χ0v) is 10.3. The van der Waals surface area contributed by atoms with Crippen LogP contribution in [-0.2, 0) is 4.74 Å². The maximum atomic E-state index is 12.0. The van der Waals surface area contributed by atoms with Crippen molar-refractivity contribution in [3.8, 4) is 0 Å². The van der Waals surface area contributed by atoms with Crippen molar-refractivity contribution in [3.05, 3.63) is 30.1 Å². The van der Waals surface area contributed by atoms with Crippen LogP contribution in [0.3, 0.4) is 0 Å². The van der Waals surface area contributed by atoms with Crippen LogP contribution < -0.4 is 5.32 Å². The third-order valence-corrected chi connectivity index (χ3v) is 3.67. The molecule has 1 aromatic rings. The average Bonchev–Trinajstić information content (AvgIpc) is 2.29. The Balaban J connectivity index is 1.99. The van der Waals surface area contributed by atoms with Gasteiger partial charge < -0.3 is 10.1 Å². The molecule has 1 atom stereocenters. The molecule has 0 aliphatic heterocycles. The maximum absolute atomic E-state index is 12.0.